The van der Waals surface area contributed by atoms with E-state index >= 15 is 0 Å². The van der Waals surface area contributed by atoms with Crippen LogP contribution in [0.2, 0.25) is 0 Å². The van der Waals surface area contributed by atoms with E-state index in [2.05, 4.69) is 21.0 Å². The summed E-state index contributed by atoms with van der Waals surface area (Å²) in [7, 11) is 0. The summed E-state index contributed by atoms with van der Waals surface area (Å²) in [5, 5.41) is 13.6. The summed E-state index contributed by atoms with van der Waals surface area (Å²) in [6.07, 6.45) is 6.82. The van der Waals surface area contributed by atoms with Gasteiger partial charge in [-0.15, -0.1) is 12.4 Å². The number of nitrogens with one attached hydrogen (secondary N) is 3. The number of carbonyl (C=O) groups excluding carboxylic acids is 2. The SMILES string of the molecule is Cl.O=C(Nc1cccc(NC(=O)C2(n3cccn3)CCNCC2)c1)C1CC1. The van der Waals surface area contributed by atoms with Gasteiger partial charge in [-0.1, -0.05) is 6.07 Å². The van der Waals surface area contributed by atoms with Crippen LogP contribution in [-0.4, -0.2) is 34.7 Å². The number of halogens is 1. The molecule has 0 unspecified atom stereocenters. The van der Waals surface area contributed by atoms with Gasteiger partial charge in [0.25, 0.3) is 5.91 Å². The lowest BCUT2D eigenvalue weighted by Gasteiger charge is -2.36. The van der Waals surface area contributed by atoms with Gasteiger partial charge in [-0.25, -0.2) is 0 Å². The first-order valence-electron chi connectivity index (χ1n) is 9.11. The second-order valence-corrected chi connectivity index (χ2v) is 7.03. The molecule has 2 aromatic rings. The number of hydrogen-bond acceptors (Lipinski definition) is 4. The molecule has 27 heavy (non-hydrogen) atoms. The van der Waals surface area contributed by atoms with Gasteiger partial charge < -0.3 is 16.0 Å². The Bertz CT molecular complexity index is 798. The van der Waals surface area contributed by atoms with E-state index in [0.717, 1.165) is 25.9 Å². The quantitative estimate of drug-likeness (QED) is 0.732. The van der Waals surface area contributed by atoms with Crippen LogP contribution in [0.3, 0.4) is 0 Å². The van der Waals surface area contributed by atoms with E-state index in [1.165, 1.54) is 0 Å². The Morgan fingerprint density at radius 2 is 1.81 bits per heavy atom. The summed E-state index contributed by atoms with van der Waals surface area (Å²) in [5.41, 5.74) is 0.689. The number of nitrogens with zero attached hydrogens (tertiary/aromatic N) is 2. The summed E-state index contributed by atoms with van der Waals surface area (Å²) >= 11 is 0. The van der Waals surface area contributed by atoms with Crippen molar-refractivity contribution in [3.05, 3.63) is 42.7 Å². The third-order valence-corrected chi connectivity index (χ3v) is 5.13. The van der Waals surface area contributed by atoms with Crippen LogP contribution in [0, 0.1) is 5.92 Å². The standard InChI is InChI=1S/C19H23N5O2.ClH/c25-17(14-5-6-14)22-15-3-1-4-16(13-15)23-18(26)19(7-10-20-11-8-19)24-12-2-9-21-24;/h1-4,9,12-14,20H,5-8,10-11H2,(H,22,25)(H,23,26);1H. The molecule has 1 aliphatic heterocycles. The molecule has 3 N–H and O–H groups in total. The topological polar surface area (TPSA) is 88.1 Å². The molecular formula is C19H24ClN5O2. The van der Waals surface area contributed by atoms with Crippen molar-refractivity contribution < 1.29 is 9.59 Å². The van der Waals surface area contributed by atoms with Gasteiger partial charge in [0.15, 0.2) is 0 Å². The van der Waals surface area contributed by atoms with Gasteiger partial charge in [0, 0.05) is 29.7 Å². The fourth-order valence-electron chi connectivity index (χ4n) is 3.43. The summed E-state index contributed by atoms with van der Waals surface area (Å²) in [5.74, 6) is 0.124. The lowest BCUT2D eigenvalue weighted by Crippen LogP contribution is -2.52. The maximum atomic E-state index is 13.2. The maximum Gasteiger partial charge on any atom is 0.252 e. The van der Waals surface area contributed by atoms with Gasteiger partial charge in [0.1, 0.15) is 5.54 Å². The fourth-order valence-corrected chi connectivity index (χ4v) is 3.43. The molecule has 0 spiro atoms. The fraction of sp³-hybridized carbons (Fsp3) is 0.421. The summed E-state index contributed by atoms with van der Waals surface area (Å²) in [4.78, 5) is 25.1. The van der Waals surface area contributed by atoms with Crippen LogP contribution in [0.4, 0.5) is 11.4 Å². The minimum Gasteiger partial charge on any atom is -0.326 e. The molecule has 1 saturated heterocycles. The van der Waals surface area contributed by atoms with Crippen LogP contribution in [0.5, 0.6) is 0 Å². The highest BCUT2D eigenvalue weighted by Crippen LogP contribution is 2.31. The van der Waals surface area contributed by atoms with Crippen molar-refractivity contribution in [1.29, 1.82) is 0 Å². The molecule has 2 amide bonds. The molecule has 7 nitrogen and oxygen atoms in total. The number of hydrogen-bond donors (Lipinski definition) is 3. The Labute approximate surface area is 164 Å². The number of carbonyl (C=O) groups is 2. The van der Waals surface area contributed by atoms with Crippen LogP contribution in [-0.2, 0) is 15.1 Å². The average Bonchev–Trinajstić information content (AvgIpc) is 3.37. The number of amides is 2. The third kappa shape index (κ3) is 4.14. The lowest BCUT2D eigenvalue weighted by atomic mass is 9.87. The normalized spacial score (nSPS) is 18.2. The first-order chi connectivity index (χ1) is 12.7. The Kier molecular flexibility index (Phi) is 5.82. The highest BCUT2D eigenvalue weighted by Gasteiger charge is 2.42. The largest absolute Gasteiger partial charge is 0.326 e. The highest BCUT2D eigenvalue weighted by atomic mass is 35.5. The zero-order valence-corrected chi connectivity index (χ0v) is 15.8. The van der Waals surface area contributed by atoms with E-state index < -0.39 is 5.54 Å². The average molecular weight is 390 g/mol. The molecule has 8 heteroatoms. The third-order valence-electron chi connectivity index (χ3n) is 5.13. The molecule has 2 heterocycles. The van der Waals surface area contributed by atoms with Gasteiger partial charge in [-0.2, -0.15) is 5.10 Å². The number of benzene rings is 1. The Balaban J connectivity index is 0.00000210. The zero-order chi connectivity index (χ0) is 18.0. The second kappa shape index (κ2) is 8.10. The summed E-state index contributed by atoms with van der Waals surface area (Å²) in [6, 6.07) is 9.15. The predicted octanol–water partition coefficient (Wildman–Crippen LogP) is 2.37. The summed E-state index contributed by atoms with van der Waals surface area (Å²) in [6.45, 7) is 1.54. The predicted molar refractivity (Wildman–Crippen MR) is 106 cm³/mol. The van der Waals surface area contributed by atoms with Crippen LogP contribution < -0.4 is 16.0 Å². The van der Waals surface area contributed by atoms with Gasteiger partial charge in [-0.05, 0) is 63.0 Å². The van der Waals surface area contributed by atoms with E-state index in [4.69, 9.17) is 0 Å². The van der Waals surface area contributed by atoms with Crippen molar-refractivity contribution in [3.63, 3.8) is 0 Å². The van der Waals surface area contributed by atoms with Gasteiger partial charge in [0.05, 0.1) is 0 Å². The van der Waals surface area contributed by atoms with Gasteiger partial charge in [0.2, 0.25) is 5.91 Å². The molecular weight excluding hydrogens is 366 g/mol. The molecule has 4 rings (SSSR count). The van der Waals surface area contributed by atoms with Crippen molar-refractivity contribution in [2.45, 2.75) is 31.2 Å². The molecule has 0 bridgehead atoms. The molecule has 144 valence electrons. The van der Waals surface area contributed by atoms with Crippen molar-refractivity contribution in [1.82, 2.24) is 15.1 Å². The first-order valence-corrected chi connectivity index (χ1v) is 9.11. The van der Waals surface area contributed by atoms with E-state index in [-0.39, 0.29) is 30.1 Å². The van der Waals surface area contributed by atoms with Crippen LogP contribution >= 0.6 is 12.4 Å². The molecule has 2 aliphatic rings. The van der Waals surface area contributed by atoms with E-state index in [9.17, 15) is 9.59 Å². The van der Waals surface area contributed by atoms with Crippen molar-refractivity contribution in [2.75, 3.05) is 23.7 Å². The minimum atomic E-state index is -0.692. The Hall–Kier alpha value is -2.38. The highest BCUT2D eigenvalue weighted by molar-refractivity contribution is 5.98. The number of anilines is 2. The maximum absolute atomic E-state index is 13.2. The van der Waals surface area contributed by atoms with Gasteiger partial charge >= 0.3 is 0 Å². The molecule has 2 fully saturated rings. The zero-order valence-electron chi connectivity index (χ0n) is 15.0. The monoisotopic (exact) mass is 389 g/mol. The Morgan fingerprint density at radius 3 is 2.44 bits per heavy atom. The Morgan fingerprint density at radius 1 is 1.11 bits per heavy atom. The number of piperidine rings is 1. The van der Waals surface area contributed by atoms with E-state index in [1.807, 2.05) is 30.5 Å². The second-order valence-electron chi connectivity index (χ2n) is 7.03. The van der Waals surface area contributed by atoms with Crippen LogP contribution in [0.25, 0.3) is 0 Å². The van der Waals surface area contributed by atoms with Crippen molar-refractivity contribution in [2.24, 2.45) is 5.92 Å². The van der Waals surface area contributed by atoms with Crippen LogP contribution in [0.15, 0.2) is 42.7 Å². The molecule has 1 aliphatic carbocycles. The molecule has 1 aromatic carbocycles. The number of aromatic nitrogens is 2. The molecule has 1 saturated carbocycles. The molecule has 0 atom stereocenters. The van der Waals surface area contributed by atoms with E-state index in [0.29, 0.717) is 24.2 Å². The molecule has 0 radical (unpaired) electrons. The molecule has 1 aromatic heterocycles. The first kappa shape index (κ1) is 19.4. The smallest absolute Gasteiger partial charge is 0.252 e. The lowest BCUT2D eigenvalue weighted by molar-refractivity contribution is -0.126. The van der Waals surface area contributed by atoms with Crippen LogP contribution in [0.1, 0.15) is 25.7 Å². The number of rotatable bonds is 5. The summed E-state index contributed by atoms with van der Waals surface area (Å²) < 4.78 is 1.77. The van der Waals surface area contributed by atoms with Gasteiger partial charge in [-0.3, -0.25) is 14.3 Å². The minimum absolute atomic E-state index is 0. The van der Waals surface area contributed by atoms with Crippen molar-refractivity contribution in [3.8, 4) is 0 Å². The van der Waals surface area contributed by atoms with E-state index in [1.54, 1.807) is 16.9 Å². The van der Waals surface area contributed by atoms with Crippen molar-refractivity contribution >= 4 is 35.6 Å².